The molecule has 1 heterocycles. The van der Waals surface area contributed by atoms with Crippen LogP contribution in [0.25, 0.3) is 0 Å². The normalized spacial score (nSPS) is 20.3. The molecular weight excluding hydrogens is 314 g/mol. The van der Waals surface area contributed by atoms with Crippen LogP contribution in [0, 0.1) is 0 Å². The van der Waals surface area contributed by atoms with Gasteiger partial charge in [0.2, 0.25) is 10.0 Å². The molecule has 0 radical (unpaired) electrons. The van der Waals surface area contributed by atoms with Gasteiger partial charge in [0, 0.05) is 12.1 Å². The van der Waals surface area contributed by atoms with Gasteiger partial charge in [0.25, 0.3) is 0 Å². The van der Waals surface area contributed by atoms with Crippen LogP contribution in [0.1, 0.15) is 30.1 Å². The van der Waals surface area contributed by atoms with Gasteiger partial charge in [-0.15, -0.1) is 0 Å². The predicted molar refractivity (Wildman–Crippen MR) is 85.6 cm³/mol. The third-order valence-electron chi connectivity index (χ3n) is 4.32. The molecule has 0 amide bonds. The first-order valence-corrected chi connectivity index (χ1v) is 8.85. The highest BCUT2D eigenvalue weighted by Gasteiger charge is 2.45. The van der Waals surface area contributed by atoms with Gasteiger partial charge in [-0.3, -0.25) is 9.59 Å². The molecule has 0 atom stereocenters. The van der Waals surface area contributed by atoms with Gasteiger partial charge >= 0.3 is 0 Å². The van der Waals surface area contributed by atoms with Crippen LogP contribution < -0.4 is 0 Å². The van der Waals surface area contributed by atoms with Crippen LogP contribution in [-0.2, 0) is 14.8 Å². The Morgan fingerprint density at radius 3 is 2.30 bits per heavy atom. The summed E-state index contributed by atoms with van der Waals surface area (Å²) < 4.78 is 27.4. The van der Waals surface area contributed by atoms with Gasteiger partial charge in [0.15, 0.2) is 11.6 Å². The number of hydrogen-bond acceptors (Lipinski definition) is 4. The number of rotatable bonds is 3. The molecule has 1 aromatic carbocycles. The summed E-state index contributed by atoms with van der Waals surface area (Å²) in [5, 5.41) is 0. The van der Waals surface area contributed by atoms with E-state index in [-0.39, 0.29) is 16.5 Å². The summed E-state index contributed by atoms with van der Waals surface area (Å²) in [5.74, 6) is -0.242. The fourth-order valence-corrected chi connectivity index (χ4v) is 4.83. The molecule has 6 heteroatoms. The molecule has 23 heavy (non-hydrogen) atoms. The highest BCUT2D eigenvalue weighted by Crippen LogP contribution is 2.38. The average molecular weight is 331 g/mol. The molecule has 1 fully saturated rings. The van der Waals surface area contributed by atoms with E-state index in [0.29, 0.717) is 18.5 Å². The van der Waals surface area contributed by atoms with Crippen molar-refractivity contribution in [1.29, 1.82) is 0 Å². The molecule has 1 saturated heterocycles. The van der Waals surface area contributed by atoms with Crippen LogP contribution in [0.15, 0.2) is 53.5 Å². The minimum Gasteiger partial charge on any atom is -0.295 e. The monoisotopic (exact) mass is 331 g/mol. The van der Waals surface area contributed by atoms with Gasteiger partial charge in [0.1, 0.15) is 0 Å². The lowest BCUT2D eigenvalue weighted by Gasteiger charge is -2.33. The Hall–Kier alpha value is -2.05. The first-order valence-electron chi connectivity index (χ1n) is 7.41. The quantitative estimate of drug-likeness (QED) is 0.795. The summed E-state index contributed by atoms with van der Waals surface area (Å²) in [5.41, 5.74) is -0.283. The van der Waals surface area contributed by atoms with Gasteiger partial charge in [-0.25, -0.2) is 8.42 Å². The maximum absolute atomic E-state index is 13.0. The molecule has 1 spiro atoms. The Morgan fingerprint density at radius 2 is 1.74 bits per heavy atom. The standard InChI is InChI=1S/C17H17NO4S/c1-13(19)14-3-5-16(6-4-14)23(21,22)18-12-2-9-17(18)10-7-15(20)8-11-17/h3-8,10-11H,2,9,12H2,1H3. The van der Waals surface area contributed by atoms with Crippen molar-refractivity contribution in [2.75, 3.05) is 6.54 Å². The van der Waals surface area contributed by atoms with E-state index < -0.39 is 15.6 Å². The van der Waals surface area contributed by atoms with Gasteiger partial charge in [-0.1, -0.05) is 24.3 Å². The highest BCUT2D eigenvalue weighted by atomic mass is 32.2. The van der Waals surface area contributed by atoms with Crippen LogP contribution in [0.3, 0.4) is 0 Å². The zero-order valence-electron chi connectivity index (χ0n) is 12.7. The van der Waals surface area contributed by atoms with Crippen molar-refractivity contribution >= 4 is 21.6 Å². The van der Waals surface area contributed by atoms with E-state index in [0.717, 1.165) is 6.42 Å². The van der Waals surface area contributed by atoms with Crippen LogP contribution >= 0.6 is 0 Å². The lowest BCUT2D eigenvalue weighted by atomic mass is 9.92. The first kappa shape index (κ1) is 15.8. The largest absolute Gasteiger partial charge is 0.295 e. The van der Waals surface area contributed by atoms with Crippen molar-refractivity contribution in [3.05, 3.63) is 54.1 Å². The van der Waals surface area contributed by atoms with Gasteiger partial charge in [0.05, 0.1) is 10.4 Å². The van der Waals surface area contributed by atoms with E-state index in [4.69, 9.17) is 0 Å². The van der Waals surface area contributed by atoms with E-state index in [1.54, 1.807) is 12.2 Å². The molecule has 1 aliphatic carbocycles. The third kappa shape index (κ3) is 2.68. The Bertz CT molecular complexity index is 803. The second-order valence-electron chi connectivity index (χ2n) is 5.82. The number of carbonyl (C=O) groups excluding carboxylic acids is 2. The number of sulfonamides is 1. The number of hydrogen-bond donors (Lipinski definition) is 0. The second-order valence-corrected chi connectivity index (χ2v) is 7.68. The molecule has 1 aliphatic heterocycles. The zero-order valence-corrected chi connectivity index (χ0v) is 13.5. The summed E-state index contributed by atoms with van der Waals surface area (Å²) in [6.45, 7) is 1.84. The number of allylic oxidation sites excluding steroid dienone is 2. The van der Waals surface area contributed by atoms with E-state index >= 15 is 0 Å². The molecule has 0 N–H and O–H groups in total. The first-order chi connectivity index (χ1) is 10.8. The van der Waals surface area contributed by atoms with Crippen LogP contribution in [0.5, 0.6) is 0 Å². The molecule has 3 rings (SSSR count). The van der Waals surface area contributed by atoms with Crippen molar-refractivity contribution in [2.45, 2.75) is 30.2 Å². The molecule has 0 bridgehead atoms. The van der Waals surface area contributed by atoms with E-state index in [9.17, 15) is 18.0 Å². The Morgan fingerprint density at radius 1 is 1.13 bits per heavy atom. The minimum absolute atomic E-state index is 0.108. The number of ketones is 2. The molecule has 1 aromatic rings. The van der Waals surface area contributed by atoms with Crippen molar-refractivity contribution < 1.29 is 18.0 Å². The Balaban J connectivity index is 1.99. The van der Waals surface area contributed by atoms with Crippen LogP contribution in [-0.4, -0.2) is 36.4 Å². The summed E-state index contributed by atoms with van der Waals surface area (Å²) in [4.78, 5) is 22.8. The molecule has 0 unspecified atom stereocenters. The summed E-state index contributed by atoms with van der Waals surface area (Å²) >= 11 is 0. The van der Waals surface area contributed by atoms with Crippen molar-refractivity contribution in [3.8, 4) is 0 Å². The van der Waals surface area contributed by atoms with Crippen molar-refractivity contribution in [1.82, 2.24) is 4.31 Å². The lowest BCUT2D eigenvalue weighted by Crippen LogP contribution is -2.45. The summed E-state index contributed by atoms with van der Waals surface area (Å²) in [7, 11) is -3.70. The molecule has 0 aromatic heterocycles. The number of nitrogens with zero attached hydrogens (tertiary/aromatic N) is 1. The fourth-order valence-electron chi connectivity index (χ4n) is 3.07. The summed E-state index contributed by atoms with van der Waals surface area (Å²) in [6.07, 6.45) is 7.57. The Kier molecular flexibility index (Phi) is 3.82. The average Bonchev–Trinajstić information content (AvgIpc) is 2.95. The SMILES string of the molecule is CC(=O)c1ccc(S(=O)(=O)N2CCCC23C=CC(=O)C=C3)cc1. The molecule has 0 saturated carbocycles. The van der Waals surface area contributed by atoms with Gasteiger partial charge < -0.3 is 0 Å². The van der Waals surface area contributed by atoms with Crippen molar-refractivity contribution in [3.63, 3.8) is 0 Å². The Labute approximate surface area is 135 Å². The maximum atomic E-state index is 13.0. The predicted octanol–water partition coefficient (Wildman–Crippen LogP) is 2.11. The summed E-state index contributed by atoms with van der Waals surface area (Å²) in [6, 6.07) is 5.96. The minimum atomic E-state index is -3.70. The van der Waals surface area contributed by atoms with Crippen LogP contribution in [0.4, 0.5) is 0 Å². The molecule has 5 nitrogen and oxygen atoms in total. The topological polar surface area (TPSA) is 71.5 Å². The van der Waals surface area contributed by atoms with Gasteiger partial charge in [-0.05, 0) is 44.1 Å². The zero-order chi connectivity index (χ0) is 16.7. The van der Waals surface area contributed by atoms with E-state index in [1.807, 2.05) is 0 Å². The van der Waals surface area contributed by atoms with Crippen molar-refractivity contribution in [2.24, 2.45) is 0 Å². The number of Topliss-reactive ketones (excluding diaryl/α,β-unsaturated/α-hetero) is 1. The number of benzene rings is 1. The van der Waals surface area contributed by atoms with Crippen LogP contribution in [0.2, 0.25) is 0 Å². The molecular formula is C17H17NO4S. The lowest BCUT2D eigenvalue weighted by molar-refractivity contribution is -0.110. The highest BCUT2D eigenvalue weighted by molar-refractivity contribution is 7.89. The second kappa shape index (κ2) is 5.54. The van der Waals surface area contributed by atoms with E-state index in [2.05, 4.69) is 0 Å². The number of carbonyl (C=O) groups is 2. The van der Waals surface area contributed by atoms with Gasteiger partial charge in [-0.2, -0.15) is 4.31 Å². The molecule has 120 valence electrons. The molecule has 2 aliphatic rings. The maximum Gasteiger partial charge on any atom is 0.244 e. The fraction of sp³-hybridized carbons (Fsp3) is 0.294. The smallest absolute Gasteiger partial charge is 0.244 e. The van der Waals surface area contributed by atoms with E-state index in [1.165, 1.54) is 47.6 Å². The third-order valence-corrected chi connectivity index (χ3v) is 6.29.